The Balaban J connectivity index is 1.51. The zero-order valence-electron chi connectivity index (χ0n) is 13.7. The van der Waals surface area contributed by atoms with Crippen LogP contribution in [-0.4, -0.2) is 52.6 Å². The number of thioether (sulfide) groups is 1. The Kier molecular flexibility index (Phi) is 6.34. The Labute approximate surface area is 143 Å². The number of rotatable bonds is 7. The van der Waals surface area contributed by atoms with E-state index in [2.05, 4.69) is 9.88 Å². The predicted octanol–water partition coefficient (Wildman–Crippen LogP) is 2.92. The lowest BCUT2D eigenvalue weighted by atomic mass is 10.1. The third-order valence-corrected chi connectivity index (χ3v) is 5.79. The second-order valence-electron chi connectivity index (χ2n) is 6.37. The van der Waals surface area contributed by atoms with Crippen LogP contribution in [0.25, 0.3) is 0 Å². The number of hydrogen-bond donors (Lipinski definition) is 0. The molecular weight excluding hydrogens is 308 g/mol. The van der Waals surface area contributed by atoms with Crippen molar-refractivity contribution in [1.29, 1.82) is 0 Å². The first-order chi connectivity index (χ1) is 11.3. The molecule has 3 heterocycles. The number of aromatic nitrogens is 1. The lowest BCUT2D eigenvalue weighted by Crippen LogP contribution is -2.44. The molecule has 1 aromatic rings. The number of carbonyl (C=O) groups excluding carboxylic acids is 1. The van der Waals surface area contributed by atoms with Crippen molar-refractivity contribution >= 4 is 17.7 Å². The first-order valence-electron chi connectivity index (χ1n) is 8.71. The molecule has 2 aliphatic heterocycles. The molecule has 2 fully saturated rings. The summed E-state index contributed by atoms with van der Waals surface area (Å²) in [6.07, 6.45) is 7.78. The highest BCUT2D eigenvalue weighted by atomic mass is 32.2. The monoisotopic (exact) mass is 334 g/mol. The normalized spacial score (nSPS) is 24.0. The summed E-state index contributed by atoms with van der Waals surface area (Å²) in [4.78, 5) is 19.2. The Morgan fingerprint density at radius 1 is 1.39 bits per heavy atom. The van der Waals surface area contributed by atoms with Gasteiger partial charge in [-0.3, -0.25) is 9.78 Å². The summed E-state index contributed by atoms with van der Waals surface area (Å²) in [5, 5.41) is 0. The number of hydrogen-bond acceptors (Lipinski definition) is 4. The van der Waals surface area contributed by atoms with Crippen molar-refractivity contribution in [2.75, 3.05) is 24.7 Å². The van der Waals surface area contributed by atoms with Crippen LogP contribution >= 0.6 is 11.8 Å². The number of pyridine rings is 1. The van der Waals surface area contributed by atoms with Crippen LogP contribution in [0, 0.1) is 0 Å². The van der Waals surface area contributed by atoms with Gasteiger partial charge in [0, 0.05) is 43.3 Å². The van der Waals surface area contributed by atoms with Gasteiger partial charge in [0.05, 0.1) is 6.10 Å². The van der Waals surface area contributed by atoms with Crippen molar-refractivity contribution < 1.29 is 9.53 Å². The van der Waals surface area contributed by atoms with E-state index in [1.807, 2.05) is 36.2 Å². The minimum Gasteiger partial charge on any atom is -0.376 e. The zero-order valence-corrected chi connectivity index (χ0v) is 14.5. The summed E-state index contributed by atoms with van der Waals surface area (Å²) >= 11 is 1.96. The molecule has 0 unspecified atom stereocenters. The molecule has 0 spiro atoms. The molecular formula is C18H26N2O2S. The van der Waals surface area contributed by atoms with Crippen LogP contribution < -0.4 is 0 Å². The average Bonchev–Trinajstić information content (AvgIpc) is 3.27. The summed E-state index contributed by atoms with van der Waals surface area (Å²) in [5.74, 6) is 2.55. The summed E-state index contributed by atoms with van der Waals surface area (Å²) in [6.45, 7) is 1.64. The molecule has 0 aromatic carbocycles. The number of nitrogens with zero attached hydrogens (tertiary/aromatic N) is 2. The third kappa shape index (κ3) is 4.95. The van der Waals surface area contributed by atoms with Gasteiger partial charge in [-0.05, 0) is 50.0 Å². The minimum absolute atomic E-state index is 0.250. The molecule has 23 heavy (non-hydrogen) atoms. The van der Waals surface area contributed by atoms with Crippen molar-refractivity contribution in [2.24, 2.45) is 0 Å². The van der Waals surface area contributed by atoms with E-state index in [4.69, 9.17) is 4.74 Å². The molecule has 126 valence electrons. The minimum atomic E-state index is 0.250. The average molecular weight is 334 g/mol. The van der Waals surface area contributed by atoms with Gasteiger partial charge in [-0.2, -0.15) is 11.8 Å². The van der Waals surface area contributed by atoms with E-state index >= 15 is 0 Å². The van der Waals surface area contributed by atoms with E-state index in [0.29, 0.717) is 18.4 Å². The van der Waals surface area contributed by atoms with Crippen LogP contribution in [0.4, 0.5) is 0 Å². The molecule has 4 nitrogen and oxygen atoms in total. The third-order valence-electron chi connectivity index (χ3n) is 4.64. The lowest BCUT2D eigenvalue weighted by molar-refractivity contribution is -0.134. The van der Waals surface area contributed by atoms with Gasteiger partial charge >= 0.3 is 0 Å². The van der Waals surface area contributed by atoms with Gasteiger partial charge in [0.15, 0.2) is 0 Å². The number of aryl methyl sites for hydroxylation is 1. The molecule has 5 heteroatoms. The second kappa shape index (κ2) is 8.69. The van der Waals surface area contributed by atoms with Crippen molar-refractivity contribution in [3.8, 4) is 0 Å². The number of carbonyl (C=O) groups is 1. The van der Waals surface area contributed by atoms with Crippen LogP contribution in [0.3, 0.4) is 0 Å². The highest BCUT2D eigenvalue weighted by Crippen LogP contribution is 2.25. The van der Waals surface area contributed by atoms with E-state index in [1.54, 1.807) is 0 Å². The van der Waals surface area contributed by atoms with Gasteiger partial charge < -0.3 is 9.64 Å². The molecule has 2 atom stereocenters. The standard InChI is InChI=1S/C18H26N2O2S/c21-18(8-3-6-15-5-1-2-10-19-15)20(16-9-12-23-14-16)13-17-7-4-11-22-17/h1-2,5,10,16-17H,3-4,6-9,11-14H2/t16-,17-/m1/s1. The quantitative estimate of drug-likeness (QED) is 0.769. The highest BCUT2D eigenvalue weighted by Gasteiger charge is 2.30. The van der Waals surface area contributed by atoms with Crippen molar-refractivity contribution in [1.82, 2.24) is 9.88 Å². The first-order valence-corrected chi connectivity index (χ1v) is 9.87. The highest BCUT2D eigenvalue weighted by molar-refractivity contribution is 7.99. The molecule has 1 amide bonds. The Hall–Kier alpha value is -1.07. The van der Waals surface area contributed by atoms with Crippen molar-refractivity contribution in [3.63, 3.8) is 0 Å². The predicted molar refractivity (Wildman–Crippen MR) is 93.6 cm³/mol. The molecule has 0 aliphatic carbocycles. The van der Waals surface area contributed by atoms with Gasteiger partial charge in [-0.15, -0.1) is 0 Å². The number of ether oxygens (including phenoxy) is 1. The SMILES string of the molecule is O=C(CCCc1ccccn1)N(C[C@H]1CCCO1)[C@@H]1CCSC1. The Morgan fingerprint density at radius 3 is 3.04 bits per heavy atom. The van der Waals surface area contributed by atoms with Crippen LogP contribution in [0.5, 0.6) is 0 Å². The maximum atomic E-state index is 12.7. The van der Waals surface area contributed by atoms with E-state index < -0.39 is 0 Å². The first kappa shape index (κ1) is 16.8. The van der Waals surface area contributed by atoms with Gasteiger partial charge in [0.1, 0.15) is 0 Å². The molecule has 0 radical (unpaired) electrons. The Morgan fingerprint density at radius 2 is 2.35 bits per heavy atom. The van der Waals surface area contributed by atoms with E-state index in [9.17, 15) is 4.79 Å². The van der Waals surface area contributed by atoms with E-state index in [-0.39, 0.29) is 6.10 Å². The zero-order chi connectivity index (χ0) is 15.9. The summed E-state index contributed by atoms with van der Waals surface area (Å²) in [7, 11) is 0. The van der Waals surface area contributed by atoms with Gasteiger partial charge in [-0.25, -0.2) is 0 Å². The van der Waals surface area contributed by atoms with E-state index in [0.717, 1.165) is 56.7 Å². The molecule has 0 saturated carbocycles. The molecule has 0 N–H and O–H groups in total. The van der Waals surface area contributed by atoms with Crippen molar-refractivity contribution in [3.05, 3.63) is 30.1 Å². The molecule has 1 aromatic heterocycles. The van der Waals surface area contributed by atoms with Gasteiger partial charge in [0.25, 0.3) is 0 Å². The molecule has 2 aliphatic rings. The van der Waals surface area contributed by atoms with Crippen LogP contribution in [0.15, 0.2) is 24.4 Å². The van der Waals surface area contributed by atoms with Crippen LogP contribution in [0.2, 0.25) is 0 Å². The summed E-state index contributed by atoms with van der Waals surface area (Å²) in [6, 6.07) is 6.37. The molecule has 3 rings (SSSR count). The summed E-state index contributed by atoms with van der Waals surface area (Å²) < 4.78 is 5.76. The topological polar surface area (TPSA) is 42.4 Å². The molecule has 0 bridgehead atoms. The van der Waals surface area contributed by atoms with Crippen LogP contribution in [0.1, 0.15) is 37.8 Å². The lowest BCUT2D eigenvalue weighted by Gasteiger charge is -2.31. The largest absolute Gasteiger partial charge is 0.376 e. The molecule has 2 saturated heterocycles. The fourth-order valence-corrected chi connectivity index (χ4v) is 4.56. The van der Waals surface area contributed by atoms with Crippen LogP contribution in [-0.2, 0) is 16.0 Å². The fraction of sp³-hybridized carbons (Fsp3) is 0.667. The maximum absolute atomic E-state index is 12.7. The smallest absolute Gasteiger partial charge is 0.222 e. The maximum Gasteiger partial charge on any atom is 0.222 e. The van der Waals surface area contributed by atoms with Gasteiger partial charge in [0.2, 0.25) is 5.91 Å². The summed E-state index contributed by atoms with van der Waals surface area (Å²) in [5.41, 5.74) is 1.07. The second-order valence-corrected chi connectivity index (χ2v) is 7.52. The Bertz CT molecular complexity index is 485. The van der Waals surface area contributed by atoms with Crippen molar-refractivity contribution in [2.45, 2.75) is 50.7 Å². The van der Waals surface area contributed by atoms with Gasteiger partial charge in [-0.1, -0.05) is 6.07 Å². The van der Waals surface area contributed by atoms with E-state index in [1.165, 1.54) is 5.75 Å². The number of amides is 1. The fourth-order valence-electron chi connectivity index (χ4n) is 3.34.